The number of ether oxygens (including phenoxy) is 3. The minimum absolute atomic E-state index is 0.0185. The van der Waals surface area contributed by atoms with Gasteiger partial charge in [-0.3, -0.25) is 9.69 Å². The predicted molar refractivity (Wildman–Crippen MR) is 125 cm³/mol. The van der Waals surface area contributed by atoms with Crippen LogP contribution in [0.1, 0.15) is 23.1 Å². The molecular weight excluding hydrogens is 414 g/mol. The molecule has 0 radical (unpaired) electrons. The summed E-state index contributed by atoms with van der Waals surface area (Å²) in [5.74, 6) is -0.167. The summed E-state index contributed by atoms with van der Waals surface area (Å²) in [6.45, 7) is 2.37. The third kappa shape index (κ3) is 5.33. The Balaban J connectivity index is 1.37. The molecular formula is C28H29NO4. The monoisotopic (exact) mass is 443 g/mol. The number of carbonyl (C=O) groups is 1. The van der Waals surface area contributed by atoms with Crippen molar-refractivity contribution in [1.82, 2.24) is 4.90 Å². The van der Waals surface area contributed by atoms with Crippen molar-refractivity contribution < 1.29 is 19.0 Å². The zero-order valence-electron chi connectivity index (χ0n) is 18.6. The summed E-state index contributed by atoms with van der Waals surface area (Å²) >= 11 is 0. The zero-order valence-corrected chi connectivity index (χ0v) is 18.6. The standard InChI is InChI=1S/C28H29NO4/c30-26-16-24-27(33-26)28(32-20-23-14-8-3-9-15-23)25(31-19-22-12-6-2-7-13-22)18-29(24)17-21-10-4-1-5-11-21/h1-15,24-25,27-28H,16-20H2/t24-,25-,27+,28+/m0/s1. The SMILES string of the molecule is O=C1C[C@H]2[C@@H](O1)[C@H](OCc1ccccc1)[C@@H](OCc1ccccc1)CN2Cc1ccccc1. The molecule has 0 unspecified atom stereocenters. The number of hydrogen-bond donors (Lipinski definition) is 0. The van der Waals surface area contributed by atoms with Crippen LogP contribution in [0, 0.1) is 0 Å². The maximum Gasteiger partial charge on any atom is 0.307 e. The highest BCUT2D eigenvalue weighted by molar-refractivity contribution is 5.73. The molecule has 5 rings (SSSR count). The molecule has 0 amide bonds. The third-order valence-corrected chi connectivity index (χ3v) is 6.42. The normalized spacial score (nSPS) is 24.9. The van der Waals surface area contributed by atoms with Crippen LogP contribution in [0.3, 0.4) is 0 Å². The van der Waals surface area contributed by atoms with Crippen LogP contribution in [0.2, 0.25) is 0 Å². The first kappa shape index (κ1) is 21.8. The van der Waals surface area contributed by atoms with Gasteiger partial charge in [0.05, 0.1) is 25.7 Å². The van der Waals surface area contributed by atoms with Crippen LogP contribution in [0.15, 0.2) is 91.0 Å². The molecule has 0 aromatic heterocycles. The maximum absolute atomic E-state index is 12.4. The number of benzene rings is 3. The number of fused-ring (bicyclic) bond motifs is 1. The second-order valence-corrected chi connectivity index (χ2v) is 8.74. The fourth-order valence-electron chi connectivity index (χ4n) is 4.76. The Kier molecular flexibility index (Phi) is 6.81. The summed E-state index contributed by atoms with van der Waals surface area (Å²) < 4.78 is 18.7. The molecule has 2 fully saturated rings. The summed E-state index contributed by atoms with van der Waals surface area (Å²) in [6, 6.07) is 30.5. The first-order valence-corrected chi connectivity index (χ1v) is 11.5. The average molecular weight is 444 g/mol. The van der Waals surface area contributed by atoms with Crippen molar-refractivity contribution in [2.24, 2.45) is 0 Å². The van der Waals surface area contributed by atoms with Gasteiger partial charge in [-0.05, 0) is 16.7 Å². The van der Waals surface area contributed by atoms with E-state index in [9.17, 15) is 4.79 Å². The van der Waals surface area contributed by atoms with Gasteiger partial charge in [0.1, 0.15) is 18.3 Å². The quantitative estimate of drug-likeness (QED) is 0.484. The topological polar surface area (TPSA) is 48.0 Å². The van der Waals surface area contributed by atoms with E-state index in [-0.39, 0.29) is 30.3 Å². The van der Waals surface area contributed by atoms with Crippen molar-refractivity contribution in [3.63, 3.8) is 0 Å². The summed E-state index contributed by atoms with van der Waals surface area (Å²) in [4.78, 5) is 14.7. The van der Waals surface area contributed by atoms with Crippen molar-refractivity contribution in [3.05, 3.63) is 108 Å². The fourth-order valence-corrected chi connectivity index (χ4v) is 4.76. The zero-order chi connectivity index (χ0) is 22.5. The maximum atomic E-state index is 12.4. The lowest BCUT2D eigenvalue weighted by molar-refractivity contribution is -0.184. The van der Waals surface area contributed by atoms with Crippen molar-refractivity contribution in [2.45, 2.75) is 50.5 Å². The van der Waals surface area contributed by atoms with Crippen molar-refractivity contribution >= 4 is 5.97 Å². The minimum atomic E-state index is -0.348. The van der Waals surface area contributed by atoms with Gasteiger partial charge in [-0.25, -0.2) is 0 Å². The van der Waals surface area contributed by atoms with Crippen LogP contribution in [0.4, 0.5) is 0 Å². The molecule has 2 aliphatic rings. The molecule has 5 nitrogen and oxygen atoms in total. The molecule has 5 heteroatoms. The largest absolute Gasteiger partial charge is 0.458 e. The van der Waals surface area contributed by atoms with E-state index in [0.29, 0.717) is 26.2 Å². The molecule has 4 atom stereocenters. The van der Waals surface area contributed by atoms with E-state index in [4.69, 9.17) is 14.2 Å². The molecule has 0 spiro atoms. The molecule has 2 aliphatic heterocycles. The van der Waals surface area contributed by atoms with Gasteiger partial charge in [0, 0.05) is 13.1 Å². The number of piperidine rings is 1. The Morgan fingerprint density at radius 1 is 0.758 bits per heavy atom. The van der Waals surface area contributed by atoms with Crippen LogP contribution in [0.25, 0.3) is 0 Å². The molecule has 33 heavy (non-hydrogen) atoms. The molecule has 0 aliphatic carbocycles. The lowest BCUT2D eigenvalue weighted by atomic mass is 9.92. The van der Waals surface area contributed by atoms with E-state index >= 15 is 0 Å². The van der Waals surface area contributed by atoms with Crippen LogP contribution < -0.4 is 0 Å². The minimum Gasteiger partial charge on any atom is -0.458 e. The van der Waals surface area contributed by atoms with Crippen LogP contribution in [-0.4, -0.2) is 41.8 Å². The predicted octanol–water partition coefficient (Wildman–Crippen LogP) is 4.36. The van der Waals surface area contributed by atoms with Gasteiger partial charge in [-0.2, -0.15) is 0 Å². The van der Waals surface area contributed by atoms with Gasteiger partial charge in [0.2, 0.25) is 0 Å². The molecule has 170 valence electrons. The van der Waals surface area contributed by atoms with Crippen molar-refractivity contribution in [2.75, 3.05) is 6.54 Å². The van der Waals surface area contributed by atoms with Crippen LogP contribution >= 0.6 is 0 Å². The van der Waals surface area contributed by atoms with Crippen LogP contribution in [-0.2, 0) is 38.8 Å². The van der Waals surface area contributed by atoms with Crippen molar-refractivity contribution in [1.29, 1.82) is 0 Å². The third-order valence-electron chi connectivity index (χ3n) is 6.42. The summed E-state index contributed by atoms with van der Waals surface area (Å²) in [6.07, 6.45) is -0.504. The van der Waals surface area contributed by atoms with Gasteiger partial charge in [-0.15, -0.1) is 0 Å². The molecule has 0 saturated carbocycles. The van der Waals surface area contributed by atoms with Crippen molar-refractivity contribution in [3.8, 4) is 0 Å². The highest BCUT2D eigenvalue weighted by Gasteiger charge is 2.51. The van der Waals surface area contributed by atoms with E-state index in [1.54, 1.807) is 0 Å². The summed E-state index contributed by atoms with van der Waals surface area (Å²) in [5.41, 5.74) is 3.41. The van der Waals surface area contributed by atoms with Crippen LogP contribution in [0.5, 0.6) is 0 Å². The first-order valence-electron chi connectivity index (χ1n) is 11.5. The first-order chi connectivity index (χ1) is 16.3. The number of carbonyl (C=O) groups excluding carboxylic acids is 1. The molecule has 3 aromatic carbocycles. The Hall–Kier alpha value is -2.99. The molecule has 0 bridgehead atoms. The average Bonchev–Trinajstić information content (AvgIpc) is 3.26. The summed E-state index contributed by atoms with van der Waals surface area (Å²) in [5, 5.41) is 0. The van der Waals surface area contributed by atoms with Gasteiger partial charge >= 0.3 is 5.97 Å². The molecule has 2 heterocycles. The van der Waals surface area contributed by atoms with E-state index in [1.807, 2.05) is 66.7 Å². The number of likely N-dealkylation sites (tertiary alicyclic amines) is 1. The van der Waals surface area contributed by atoms with Gasteiger partial charge in [-0.1, -0.05) is 91.0 Å². The van der Waals surface area contributed by atoms with Gasteiger partial charge < -0.3 is 14.2 Å². The second-order valence-electron chi connectivity index (χ2n) is 8.74. The Labute approximate surface area is 194 Å². The van der Waals surface area contributed by atoms with E-state index in [2.05, 4.69) is 29.2 Å². The lowest BCUT2D eigenvalue weighted by Crippen LogP contribution is -2.60. The molecule has 3 aromatic rings. The van der Waals surface area contributed by atoms with E-state index in [1.165, 1.54) is 5.56 Å². The Morgan fingerprint density at radius 2 is 1.30 bits per heavy atom. The van der Waals surface area contributed by atoms with E-state index < -0.39 is 0 Å². The Morgan fingerprint density at radius 3 is 1.91 bits per heavy atom. The highest BCUT2D eigenvalue weighted by Crippen LogP contribution is 2.34. The highest BCUT2D eigenvalue weighted by atomic mass is 16.6. The fraction of sp³-hybridized carbons (Fsp3) is 0.321. The van der Waals surface area contributed by atoms with Gasteiger partial charge in [0.25, 0.3) is 0 Å². The lowest BCUT2D eigenvalue weighted by Gasteiger charge is -2.44. The molecule has 2 saturated heterocycles. The Bertz CT molecular complexity index is 1030. The number of esters is 1. The number of nitrogens with zero attached hydrogens (tertiary/aromatic N) is 1. The number of rotatable bonds is 8. The molecule has 0 N–H and O–H groups in total. The second kappa shape index (κ2) is 10.3. The summed E-state index contributed by atoms with van der Waals surface area (Å²) in [7, 11) is 0. The smallest absolute Gasteiger partial charge is 0.307 e. The van der Waals surface area contributed by atoms with E-state index in [0.717, 1.165) is 17.7 Å². The number of hydrogen-bond acceptors (Lipinski definition) is 5. The van der Waals surface area contributed by atoms with Gasteiger partial charge in [0.15, 0.2) is 0 Å².